The molecule has 0 aliphatic heterocycles. The molecule has 1 aromatic rings. The number of rotatable bonds is 1. The molecule has 78 valence electrons. The van der Waals surface area contributed by atoms with E-state index < -0.39 is 25.4 Å². The van der Waals surface area contributed by atoms with E-state index in [0.29, 0.717) is 0 Å². The second-order valence-corrected chi connectivity index (χ2v) is 5.21. The smallest absolute Gasteiger partial charge is 0.302 e. The van der Waals surface area contributed by atoms with Crippen molar-refractivity contribution in [2.45, 2.75) is 11.1 Å². The van der Waals surface area contributed by atoms with Crippen LogP contribution in [-0.4, -0.2) is 8.76 Å². The number of hydrogen-bond donors (Lipinski definition) is 1. The fourth-order valence-corrected chi connectivity index (χ4v) is 2.07. The Morgan fingerprint density at radius 3 is 2.14 bits per heavy atom. The summed E-state index contributed by atoms with van der Waals surface area (Å²) in [6, 6.07) is 3.98. The van der Waals surface area contributed by atoms with Gasteiger partial charge in [0.2, 0.25) is 0 Å². The van der Waals surface area contributed by atoms with Crippen LogP contribution in [0.3, 0.4) is 0 Å². The maximum atomic E-state index is 12.3. The van der Waals surface area contributed by atoms with Gasteiger partial charge in [-0.2, -0.15) is 13.2 Å². The lowest BCUT2D eigenvalue weighted by Gasteiger charge is -2.10. The van der Waals surface area contributed by atoms with Crippen molar-refractivity contribution in [2.24, 2.45) is 0 Å². The van der Waals surface area contributed by atoms with E-state index >= 15 is 0 Å². The predicted octanol–water partition coefficient (Wildman–Crippen LogP) is 2.28. The zero-order valence-electron chi connectivity index (χ0n) is 6.62. The van der Waals surface area contributed by atoms with E-state index in [-0.39, 0.29) is 0 Å². The molecular weight excluding hydrogens is 237 g/mol. The van der Waals surface area contributed by atoms with Crippen molar-refractivity contribution in [3.63, 3.8) is 0 Å². The first-order valence-corrected chi connectivity index (χ1v) is 5.80. The second-order valence-electron chi connectivity index (χ2n) is 2.47. The summed E-state index contributed by atoms with van der Waals surface area (Å²) in [7, 11) is -4.00. The highest BCUT2D eigenvalue weighted by Gasteiger charge is 2.35. The van der Waals surface area contributed by atoms with Crippen LogP contribution in [0.4, 0.5) is 13.2 Å². The Morgan fingerprint density at radius 1 is 1.29 bits per heavy atom. The van der Waals surface area contributed by atoms with E-state index in [1.165, 1.54) is 6.07 Å². The van der Waals surface area contributed by atoms with E-state index in [1.807, 2.05) is 0 Å². The lowest BCUT2D eigenvalue weighted by Crippen LogP contribution is -2.11. The van der Waals surface area contributed by atoms with E-state index in [0.717, 1.165) is 18.2 Å². The van der Waals surface area contributed by atoms with Crippen molar-refractivity contribution >= 4 is 20.0 Å². The molecule has 0 aromatic heterocycles. The van der Waals surface area contributed by atoms with Crippen LogP contribution in [0.15, 0.2) is 29.2 Å². The second kappa shape index (κ2) is 3.48. The molecule has 1 unspecified atom stereocenters. The topological polar surface area (TPSA) is 37.3 Å². The molecule has 1 atom stereocenters. The molecule has 0 saturated heterocycles. The summed E-state index contributed by atoms with van der Waals surface area (Å²) in [5, 5.41) is 0. The van der Waals surface area contributed by atoms with Crippen LogP contribution in [0.2, 0.25) is 0 Å². The van der Waals surface area contributed by atoms with Crippen LogP contribution in [-0.2, 0) is 26.1 Å². The fraction of sp³-hybridized carbons (Fsp3) is 0.143. The Hall–Kier alpha value is -0.660. The Bertz CT molecular complexity index is 436. The molecule has 0 aliphatic carbocycles. The average Bonchev–Trinajstić information content (AvgIpc) is 2.01. The molecular formula is C7H5F3O2S2. The van der Waals surface area contributed by atoms with Gasteiger partial charge in [0.1, 0.15) is 0 Å². The highest BCUT2D eigenvalue weighted by atomic mass is 32.8. The highest BCUT2D eigenvalue weighted by molar-refractivity contribution is 8.29. The van der Waals surface area contributed by atoms with Gasteiger partial charge in [-0.05, 0) is 12.1 Å². The first-order valence-electron chi connectivity index (χ1n) is 3.36. The molecule has 7 heteroatoms. The van der Waals surface area contributed by atoms with Crippen LogP contribution in [0.5, 0.6) is 0 Å². The molecule has 0 heterocycles. The summed E-state index contributed by atoms with van der Waals surface area (Å²) in [6.07, 6.45) is -4.67. The zero-order valence-corrected chi connectivity index (χ0v) is 8.25. The van der Waals surface area contributed by atoms with Gasteiger partial charge in [-0.1, -0.05) is 12.1 Å². The monoisotopic (exact) mass is 242 g/mol. The fourth-order valence-electron chi connectivity index (χ4n) is 0.926. The average molecular weight is 242 g/mol. The number of alkyl halides is 3. The number of hydrogen-bond acceptors (Lipinski definition) is 2. The quantitative estimate of drug-likeness (QED) is 0.821. The summed E-state index contributed by atoms with van der Waals surface area (Å²) < 4.78 is 56.7. The Labute approximate surface area is 83.2 Å². The van der Waals surface area contributed by atoms with E-state index in [9.17, 15) is 17.4 Å². The van der Waals surface area contributed by atoms with Crippen LogP contribution in [0.1, 0.15) is 5.56 Å². The minimum Gasteiger partial charge on any atom is -0.302 e. The summed E-state index contributed by atoms with van der Waals surface area (Å²) in [5.74, 6) is 0. The van der Waals surface area contributed by atoms with Gasteiger partial charge >= 0.3 is 6.18 Å². The molecule has 1 N–H and O–H groups in total. The number of halogens is 3. The third-order valence-corrected chi connectivity index (χ3v) is 2.92. The third-order valence-electron chi connectivity index (χ3n) is 1.47. The molecule has 0 fully saturated rings. The molecule has 1 rings (SSSR count). The van der Waals surface area contributed by atoms with Crippen molar-refractivity contribution < 1.29 is 21.9 Å². The van der Waals surface area contributed by atoms with Gasteiger partial charge in [0, 0.05) is 11.2 Å². The van der Waals surface area contributed by atoms with Crippen molar-refractivity contribution in [3.05, 3.63) is 29.8 Å². The summed E-state index contributed by atoms with van der Waals surface area (Å²) in [6.45, 7) is 0. The lowest BCUT2D eigenvalue weighted by molar-refractivity contribution is -0.139. The minimum absolute atomic E-state index is 0.720. The van der Waals surface area contributed by atoms with Gasteiger partial charge in [0.15, 0.2) is 8.77 Å². The van der Waals surface area contributed by atoms with E-state index in [1.54, 1.807) is 0 Å². The van der Waals surface area contributed by atoms with Crippen LogP contribution < -0.4 is 0 Å². The molecule has 0 amide bonds. The standard InChI is InChI=1S/C7H5F3O2S2/c8-7(9,10)5-3-1-2-4-6(5)14(11,12)13/h1-4H,(H,11,12,13). The summed E-state index contributed by atoms with van der Waals surface area (Å²) in [5.41, 5.74) is -1.16. The van der Waals surface area contributed by atoms with Gasteiger partial charge in [-0.25, -0.2) is 4.21 Å². The van der Waals surface area contributed by atoms with Crippen molar-refractivity contribution in [3.8, 4) is 0 Å². The normalized spacial score (nSPS) is 16.3. The third kappa shape index (κ3) is 2.43. The van der Waals surface area contributed by atoms with Gasteiger partial charge < -0.3 is 4.55 Å². The van der Waals surface area contributed by atoms with Crippen molar-refractivity contribution in [1.82, 2.24) is 0 Å². The molecule has 0 bridgehead atoms. The van der Waals surface area contributed by atoms with Gasteiger partial charge in [-0.15, -0.1) is 0 Å². The van der Waals surface area contributed by atoms with Gasteiger partial charge in [0.05, 0.1) is 10.5 Å². The maximum absolute atomic E-state index is 12.3. The van der Waals surface area contributed by atoms with Crippen LogP contribution in [0, 0.1) is 0 Å². The Balaban J connectivity index is 3.47. The zero-order chi connectivity index (χ0) is 11.0. The lowest BCUT2D eigenvalue weighted by atomic mass is 10.2. The largest absolute Gasteiger partial charge is 0.417 e. The molecule has 0 saturated carbocycles. The Kier molecular flexibility index (Phi) is 2.84. The molecule has 1 aromatic carbocycles. The molecule has 2 nitrogen and oxygen atoms in total. The van der Waals surface area contributed by atoms with Crippen molar-refractivity contribution in [1.29, 1.82) is 0 Å². The number of benzene rings is 1. The molecule has 0 spiro atoms. The van der Waals surface area contributed by atoms with Crippen molar-refractivity contribution in [2.75, 3.05) is 0 Å². The molecule has 0 aliphatic rings. The van der Waals surface area contributed by atoms with Gasteiger partial charge in [0.25, 0.3) is 0 Å². The molecule has 14 heavy (non-hydrogen) atoms. The first-order chi connectivity index (χ1) is 6.23. The molecule has 0 radical (unpaired) electrons. The van der Waals surface area contributed by atoms with Gasteiger partial charge in [-0.3, -0.25) is 0 Å². The first kappa shape index (κ1) is 11.4. The highest BCUT2D eigenvalue weighted by Crippen LogP contribution is 2.33. The van der Waals surface area contributed by atoms with Crippen LogP contribution in [0.25, 0.3) is 0 Å². The maximum Gasteiger partial charge on any atom is 0.417 e. The summed E-state index contributed by atoms with van der Waals surface area (Å²) >= 11 is 4.09. The SMILES string of the molecule is O=S(O)(=S)c1ccccc1C(F)(F)F. The summed E-state index contributed by atoms with van der Waals surface area (Å²) in [4.78, 5) is -0.762. The Morgan fingerprint density at radius 2 is 1.79 bits per heavy atom. The minimum atomic E-state index is -4.67. The predicted molar refractivity (Wildman–Crippen MR) is 47.8 cm³/mol. The van der Waals surface area contributed by atoms with E-state index in [4.69, 9.17) is 4.55 Å². The van der Waals surface area contributed by atoms with E-state index in [2.05, 4.69) is 11.2 Å². The van der Waals surface area contributed by atoms with Crippen LogP contribution >= 0.6 is 0 Å².